The predicted octanol–water partition coefficient (Wildman–Crippen LogP) is 1.77. The van der Waals surface area contributed by atoms with Gasteiger partial charge >= 0.3 is 11.9 Å². The summed E-state index contributed by atoms with van der Waals surface area (Å²) < 4.78 is 10.2. The van der Waals surface area contributed by atoms with Crippen LogP contribution in [0.15, 0.2) is 0 Å². The molecule has 1 saturated carbocycles. The van der Waals surface area contributed by atoms with Crippen molar-refractivity contribution < 1.29 is 24.2 Å². The van der Waals surface area contributed by atoms with Gasteiger partial charge in [0.1, 0.15) is 0 Å². The highest BCUT2D eigenvalue weighted by molar-refractivity contribution is 6.00. The maximum atomic E-state index is 12.3. The lowest BCUT2D eigenvalue weighted by molar-refractivity contribution is -0.172. The van der Waals surface area contributed by atoms with Gasteiger partial charge in [-0.1, -0.05) is 13.8 Å². The van der Waals surface area contributed by atoms with E-state index in [0.29, 0.717) is 12.8 Å². The van der Waals surface area contributed by atoms with Gasteiger partial charge in [0.25, 0.3) is 0 Å². The third kappa shape index (κ3) is 3.14. The smallest absolute Gasteiger partial charge is 0.323 e. The van der Waals surface area contributed by atoms with Crippen molar-refractivity contribution in [2.24, 2.45) is 23.2 Å². The molecule has 1 aliphatic rings. The lowest BCUT2D eigenvalue weighted by Gasteiger charge is -2.25. The van der Waals surface area contributed by atoms with Crippen LogP contribution in [-0.2, 0) is 19.1 Å². The van der Waals surface area contributed by atoms with E-state index in [9.17, 15) is 14.7 Å². The Morgan fingerprint density at radius 1 is 1.15 bits per heavy atom. The van der Waals surface area contributed by atoms with Crippen LogP contribution in [0, 0.1) is 23.2 Å². The van der Waals surface area contributed by atoms with Gasteiger partial charge in [0.15, 0.2) is 5.41 Å². The van der Waals surface area contributed by atoms with Crippen LogP contribution in [0.2, 0.25) is 0 Å². The average molecular weight is 286 g/mol. The summed E-state index contributed by atoms with van der Waals surface area (Å²) in [5, 5.41) is 9.54. The van der Waals surface area contributed by atoms with E-state index in [1.807, 2.05) is 13.8 Å². The highest BCUT2D eigenvalue weighted by Gasteiger charge is 2.57. The zero-order chi connectivity index (χ0) is 15.3. The summed E-state index contributed by atoms with van der Waals surface area (Å²) in [6.07, 6.45) is 0.706. The largest absolute Gasteiger partial charge is 0.465 e. The van der Waals surface area contributed by atoms with Crippen LogP contribution in [0.5, 0.6) is 0 Å². The summed E-state index contributed by atoms with van der Waals surface area (Å²) in [6, 6.07) is 0. The molecule has 1 fully saturated rings. The van der Waals surface area contributed by atoms with Gasteiger partial charge in [-0.2, -0.15) is 0 Å². The summed E-state index contributed by atoms with van der Waals surface area (Å²) in [5.41, 5.74) is -1.24. The van der Waals surface area contributed by atoms with Crippen LogP contribution in [0.3, 0.4) is 0 Å². The molecule has 0 aromatic heterocycles. The summed E-state index contributed by atoms with van der Waals surface area (Å²) in [7, 11) is 0. The van der Waals surface area contributed by atoms with Gasteiger partial charge in [0, 0.05) is 6.61 Å². The van der Waals surface area contributed by atoms with E-state index in [0.717, 1.165) is 0 Å². The first-order chi connectivity index (χ1) is 9.42. The first-order valence-electron chi connectivity index (χ1n) is 7.38. The average Bonchev–Trinajstić information content (AvgIpc) is 2.80. The first-order valence-corrected chi connectivity index (χ1v) is 7.38. The number of carbonyl (C=O) groups is 2. The number of hydrogen-bond acceptors (Lipinski definition) is 5. The van der Waals surface area contributed by atoms with Crippen molar-refractivity contribution in [3.63, 3.8) is 0 Å². The fourth-order valence-electron chi connectivity index (χ4n) is 3.19. The predicted molar refractivity (Wildman–Crippen MR) is 73.8 cm³/mol. The molecule has 0 radical (unpaired) electrons. The molecule has 0 aliphatic heterocycles. The van der Waals surface area contributed by atoms with Crippen molar-refractivity contribution >= 4 is 11.9 Å². The number of rotatable bonds is 6. The third-order valence-electron chi connectivity index (χ3n) is 4.22. The Morgan fingerprint density at radius 3 is 1.95 bits per heavy atom. The van der Waals surface area contributed by atoms with Crippen molar-refractivity contribution in [3.05, 3.63) is 0 Å². The van der Waals surface area contributed by atoms with Gasteiger partial charge in [0.05, 0.1) is 13.2 Å². The van der Waals surface area contributed by atoms with Gasteiger partial charge < -0.3 is 14.6 Å². The van der Waals surface area contributed by atoms with Gasteiger partial charge in [-0.05, 0) is 44.4 Å². The number of aliphatic hydroxyl groups is 1. The SMILES string of the molecule is CCOC(=O)C1(C(=O)OCC)C[C@@H](CO)[C@H](C(C)C)C1. The second-order valence-corrected chi connectivity index (χ2v) is 5.78. The van der Waals surface area contributed by atoms with Crippen LogP contribution >= 0.6 is 0 Å². The Bertz CT molecular complexity index is 332. The van der Waals surface area contributed by atoms with Crippen LogP contribution in [0.4, 0.5) is 0 Å². The summed E-state index contributed by atoms with van der Waals surface area (Å²) >= 11 is 0. The van der Waals surface area contributed by atoms with Crippen LogP contribution in [0.1, 0.15) is 40.5 Å². The Kier molecular flexibility index (Phi) is 5.99. The second kappa shape index (κ2) is 7.07. The molecule has 1 N–H and O–H groups in total. The van der Waals surface area contributed by atoms with E-state index >= 15 is 0 Å². The number of ether oxygens (including phenoxy) is 2. The molecule has 2 atom stereocenters. The van der Waals surface area contributed by atoms with Crippen molar-refractivity contribution in [3.8, 4) is 0 Å². The minimum absolute atomic E-state index is 0.0244. The van der Waals surface area contributed by atoms with E-state index in [-0.39, 0.29) is 37.6 Å². The summed E-state index contributed by atoms with van der Waals surface area (Å²) in [6.45, 7) is 7.96. The Balaban J connectivity index is 3.07. The summed E-state index contributed by atoms with van der Waals surface area (Å²) in [5.74, 6) is -0.685. The molecule has 5 heteroatoms. The molecular weight excluding hydrogens is 260 g/mol. The molecule has 1 aliphatic carbocycles. The Morgan fingerprint density at radius 2 is 1.65 bits per heavy atom. The zero-order valence-electron chi connectivity index (χ0n) is 12.8. The fraction of sp³-hybridized carbons (Fsp3) is 0.867. The zero-order valence-corrected chi connectivity index (χ0v) is 12.8. The van der Waals surface area contributed by atoms with E-state index < -0.39 is 17.4 Å². The van der Waals surface area contributed by atoms with Crippen molar-refractivity contribution in [1.29, 1.82) is 0 Å². The second-order valence-electron chi connectivity index (χ2n) is 5.78. The molecule has 1 rings (SSSR count). The number of carbonyl (C=O) groups excluding carboxylic acids is 2. The fourth-order valence-corrected chi connectivity index (χ4v) is 3.19. The molecular formula is C15H26O5. The van der Waals surface area contributed by atoms with Crippen LogP contribution < -0.4 is 0 Å². The van der Waals surface area contributed by atoms with Gasteiger partial charge in [-0.3, -0.25) is 9.59 Å². The van der Waals surface area contributed by atoms with Gasteiger partial charge in [-0.25, -0.2) is 0 Å². The molecule has 0 bridgehead atoms. The minimum atomic E-state index is -1.24. The lowest BCUT2D eigenvalue weighted by Crippen LogP contribution is -2.40. The van der Waals surface area contributed by atoms with E-state index in [2.05, 4.69) is 0 Å². The molecule has 0 unspecified atom stereocenters. The topological polar surface area (TPSA) is 72.8 Å². The van der Waals surface area contributed by atoms with Crippen molar-refractivity contribution in [2.75, 3.05) is 19.8 Å². The number of hydrogen-bond donors (Lipinski definition) is 1. The van der Waals surface area contributed by atoms with Crippen LogP contribution in [0.25, 0.3) is 0 Å². The van der Waals surface area contributed by atoms with E-state index in [4.69, 9.17) is 9.47 Å². The molecule has 20 heavy (non-hydrogen) atoms. The quantitative estimate of drug-likeness (QED) is 0.595. The Labute approximate surface area is 120 Å². The molecule has 0 aromatic carbocycles. The maximum Gasteiger partial charge on any atom is 0.323 e. The first kappa shape index (κ1) is 17.0. The van der Waals surface area contributed by atoms with Crippen molar-refractivity contribution in [2.45, 2.75) is 40.5 Å². The molecule has 0 saturated heterocycles. The van der Waals surface area contributed by atoms with Gasteiger partial charge in [-0.15, -0.1) is 0 Å². The molecule has 0 spiro atoms. The molecule has 116 valence electrons. The highest BCUT2D eigenvalue weighted by Crippen LogP contribution is 2.50. The van der Waals surface area contributed by atoms with Crippen LogP contribution in [-0.4, -0.2) is 36.9 Å². The highest BCUT2D eigenvalue weighted by atomic mass is 16.6. The molecule has 0 amide bonds. The molecule has 0 aromatic rings. The summed E-state index contributed by atoms with van der Waals surface area (Å²) in [4.78, 5) is 24.6. The standard InChI is InChI=1S/C15H26O5/c1-5-19-13(17)15(14(18)20-6-2)7-11(9-16)12(8-15)10(3)4/h10-12,16H,5-9H2,1-4H3/t11-,12-/m0/s1. The minimum Gasteiger partial charge on any atom is -0.465 e. The monoisotopic (exact) mass is 286 g/mol. The third-order valence-corrected chi connectivity index (χ3v) is 4.22. The number of aliphatic hydroxyl groups excluding tert-OH is 1. The van der Waals surface area contributed by atoms with E-state index in [1.165, 1.54) is 0 Å². The van der Waals surface area contributed by atoms with Gasteiger partial charge in [0.2, 0.25) is 0 Å². The molecule has 5 nitrogen and oxygen atoms in total. The normalized spacial score (nSPS) is 24.7. The Hall–Kier alpha value is -1.10. The number of esters is 2. The van der Waals surface area contributed by atoms with Crippen molar-refractivity contribution in [1.82, 2.24) is 0 Å². The van der Waals surface area contributed by atoms with E-state index in [1.54, 1.807) is 13.8 Å². The molecule has 0 heterocycles. The maximum absolute atomic E-state index is 12.3. The lowest BCUT2D eigenvalue weighted by atomic mass is 9.83.